The first-order valence-corrected chi connectivity index (χ1v) is 6.33. The zero-order valence-electron chi connectivity index (χ0n) is 10.0. The lowest BCUT2D eigenvalue weighted by Gasteiger charge is -2.00. The average molecular weight is 301 g/mol. The number of halogens is 2. The largest absolute Gasteiger partial charge is 0.336 e. The Hall–Kier alpha value is -1.66. The van der Waals surface area contributed by atoms with Crippen molar-refractivity contribution in [3.63, 3.8) is 0 Å². The van der Waals surface area contributed by atoms with E-state index in [1.807, 2.05) is 6.92 Å². The molecule has 1 aromatic heterocycles. The fourth-order valence-electron chi connectivity index (χ4n) is 1.37. The van der Waals surface area contributed by atoms with Gasteiger partial charge in [-0.1, -0.05) is 41.3 Å². The highest BCUT2D eigenvalue weighted by Gasteiger charge is 2.13. The summed E-state index contributed by atoms with van der Waals surface area (Å²) >= 11 is 11.9. The third-order valence-corrected chi connectivity index (χ3v) is 3.05. The Balaban J connectivity index is 2.21. The summed E-state index contributed by atoms with van der Waals surface area (Å²) in [5, 5.41) is 12.0. The lowest BCUT2D eigenvalue weighted by Crippen LogP contribution is -2.21. The molecule has 1 aromatic carbocycles. The van der Waals surface area contributed by atoms with Gasteiger partial charge in [0, 0.05) is 16.9 Å². The number of benzene rings is 1. The summed E-state index contributed by atoms with van der Waals surface area (Å²) in [5.74, 6) is -0.194. The second-order valence-corrected chi connectivity index (χ2v) is 4.47. The molecule has 1 heterocycles. The Bertz CT molecular complexity index is 600. The number of carbonyl (C=O) groups excluding carboxylic acids is 1. The first-order valence-electron chi connectivity index (χ1n) is 5.57. The molecule has 8 heteroatoms. The normalized spacial score (nSPS) is 10.5. The van der Waals surface area contributed by atoms with Crippen molar-refractivity contribution in [2.45, 2.75) is 19.8 Å². The molecule has 0 unspecified atom stereocenters. The molecule has 0 radical (unpaired) electrons. The van der Waals surface area contributed by atoms with Crippen molar-refractivity contribution in [1.82, 2.24) is 20.4 Å². The molecule has 2 aromatic rings. The van der Waals surface area contributed by atoms with Crippen molar-refractivity contribution in [2.24, 2.45) is 0 Å². The highest BCUT2D eigenvalue weighted by molar-refractivity contribution is 6.43. The molecule has 0 aliphatic rings. The number of aromatic nitrogens is 4. The van der Waals surface area contributed by atoms with Gasteiger partial charge in [-0.05, 0) is 23.8 Å². The molecule has 6 nitrogen and oxygen atoms in total. The van der Waals surface area contributed by atoms with Crippen LogP contribution in [0.3, 0.4) is 0 Å². The third-order valence-electron chi connectivity index (χ3n) is 2.23. The van der Waals surface area contributed by atoms with Crippen molar-refractivity contribution in [1.29, 1.82) is 0 Å². The van der Waals surface area contributed by atoms with E-state index in [-0.39, 0.29) is 12.2 Å². The zero-order valence-corrected chi connectivity index (χ0v) is 11.5. The number of hydrogen-bond acceptors (Lipinski definition) is 5. The maximum atomic E-state index is 11.3. The van der Waals surface area contributed by atoms with E-state index in [9.17, 15) is 4.79 Å². The second-order valence-electron chi connectivity index (χ2n) is 3.68. The van der Waals surface area contributed by atoms with Crippen LogP contribution in [0.5, 0.6) is 0 Å². The van der Waals surface area contributed by atoms with Gasteiger partial charge in [0.25, 0.3) is 0 Å². The van der Waals surface area contributed by atoms with Crippen molar-refractivity contribution < 1.29 is 9.63 Å². The van der Waals surface area contributed by atoms with Gasteiger partial charge in [-0.25, -0.2) is 4.79 Å². The summed E-state index contributed by atoms with van der Waals surface area (Å²) < 4.78 is 0. The van der Waals surface area contributed by atoms with E-state index >= 15 is 0 Å². The molecule has 0 saturated carbocycles. The van der Waals surface area contributed by atoms with Crippen molar-refractivity contribution in [3.05, 3.63) is 28.2 Å². The molecule has 0 atom stereocenters. The van der Waals surface area contributed by atoms with Crippen LogP contribution in [0, 0.1) is 0 Å². The molecule has 0 saturated heterocycles. The van der Waals surface area contributed by atoms with Crippen molar-refractivity contribution in [2.75, 3.05) is 0 Å². The van der Waals surface area contributed by atoms with E-state index in [0.717, 1.165) is 4.96 Å². The van der Waals surface area contributed by atoms with E-state index in [1.165, 1.54) is 0 Å². The van der Waals surface area contributed by atoms with Crippen LogP contribution >= 0.6 is 23.2 Å². The van der Waals surface area contributed by atoms with E-state index in [4.69, 9.17) is 28.0 Å². The van der Waals surface area contributed by atoms with E-state index in [1.54, 1.807) is 18.2 Å². The molecule has 0 spiro atoms. The number of tetrazole rings is 1. The first-order chi connectivity index (χ1) is 9.11. The van der Waals surface area contributed by atoms with Gasteiger partial charge in [0.1, 0.15) is 0 Å². The second kappa shape index (κ2) is 5.99. The van der Waals surface area contributed by atoms with Crippen molar-refractivity contribution >= 4 is 29.2 Å². The molecule has 0 fully saturated rings. The number of carbonyl (C=O) groups is 1. The number of nitrogens with zero attached hydrogens (tertiary/aromatic N) is 4. The van der Waals surface area contributed by atoms with Gasteiger partial charge < -0.3 is 4.84 Å². The topological polar surface area (TPSA) is 69.9 Å². The van der Waals surface area contributed by atoms with Crippen LogP contribution in [-0.2, 0) is 4.79 Å². The molecule has 100 valence electrons. The molecule has 0 bridgehead atoms. The number of rotatable bonds is 4. The molecule has 0 N–H and O–H groups in total. The maximum Gasteiger partial charge on any atom is 0.336 e. The van der Waals surface area contributed by atoms with Crippen LogP contribution < -0.4 is 4.84 Å². The van der Waals surface area contributed by atoms with Crippen LogP contribution in [0.1, 0.15) is 19.8 Å². The van der Waals surface area contributed by atoms with Gasteiger partial charge in [-0.15, -0.1) is 5.10 Å². The summed E-state index contributed by atoms with van der Waals surface area (Å²) in [5.41, 5.74) is 0.520. The van der Waals surface area contributed by atoms with E-state index in [2.05, 4.69) is 15.4 Å². The van der Waals surface area contributed by atoms with Crippen LogP contribution in [0.2, 0.25) is 10.0 Å². The summed E-state index contributed by atoms with van der Waals surface area (Å²) in [7, 11) is 0. The monoisotopic (exact) mass is 300 g/mol. The van der Waals surface area contributed by atoms with Gasteiger partial charge in [0.15, 0.2) is 0 Å². The summed E-state index contributed by atoms with van der Waals surface area (Å²) in [4.78, 5) is 16.9. The zero-order chi connectivity index (χ0) is 13.8. The van der Waals surface area contributed by atoms with Crippen LogP contribution in [0.25, 0.3) is 11.4 Å². The van der Waals surface area contributed by atoms with Crippen molar-refractivity contribution in [3.8, 4) is 11.4 Å². The standard InChI is InChI=1S/C11H10Cl2N4O2/c1-2-4-9(18)19-17-15-11(14-16-17)7-5-3-6-8(12)10(7)13/h3,5-6H,2,4H2,1H3. The van der Waals surface area contributed by atoms with Crippen LogP contribution in [0.15, 0.2) is 18.2 Å². The molecule has 2 rings (SSSR count). The highest BCUT2D eigenvalue weighted by Crippen LogP contribution is 2.30. The Morgan fingerprint density at radius 1 is 1.42 bits per heavy atom. The average Bonchev–Trinajstić information content (AvgIpc) is 2.81. The smallest absolute Gasteiger partial charge is 0.301 e. The quantitative estimate of drug-likeness (QED) is 0.811. The van der Waals surface area contributed by atoms with E-state index in [0.29, 0.717) is 22.0 Å². The van der Waals surface area contributed by atoms with Crippen LogP contribution in [0.4, 0.5) is 0 Å². The Labute approximate surface area is 119 Å². The lowest BCUT2D eigenvalue weighted by molar-refractivity contribution is -0.148. The fourth-order valence-corrected chi connectivity index (χ4v) is 1.75. The Morgan fingerprint density at radius 2 is 2.21 bits per heavy atom. The minimum atomic E-state index is -0.427. The molecular formula is C11H10Cl2N4O2. The fraction of sp³-hybridized carbons (Fsp3) is 0.273. The first kappa shape index (κ1) is 13.8. The minimum Gasteiger partial charge on any atom is -0.301 e. The predicted molar refractivity (Wildman–Crippen MR) is 69.8 cm³/mol. The molecule has 0 amide bonds. The summed E-state index contributed by atoms with van der Waals surface area (Å²) in [6.45, 7) is 1.87. The SMILES string of the molecule is CCCC(=O)On1nnc(-c2cccc(Cl)c2Cl)n1. The lowest BCUT2D eigenvalue weighted by atomic mass is 10.2. The Kier molecular flexibility index (Phi) is 4.34. The maximum absolute atomic E-state index is 11.3. The van der Waals surface area contributed by atoms with Gasteiger partial charge in [-0.3, -0.25) is 0 Å². The van der Waals surface area contributed by atoms with E-state index < -0.39 is 5.97 Å². The highest BCUT2D eigenvalue weighted by atomic mass is 35.5. The summed E-state index contributed by atoms with van der Waals surface area (Å²) in [6, 6.07) is 5.07. The molecule has 0 aliphatic carbocycles. The summed E-state index contributed by atoms with van der Waals surface area (Å²) in [6.07, 6.45) is 0.968. The predicted octanol–water partition coefficient (Wildman–Crippen LogP) is 2.40. The van der Waals surface area contributed by atoms with Gasteiger partial charge in [0.2, 0.25) is 5.82 Å². The Morgan fingerprint density at radius 3 is 2.95 bits per heavy atom. The molecule has 19 heavy (non-hydrogen) atoms. The third kappa shape index (κ3) is 3.21. The minimum absolute atomic E-state index is 0.233. The van der Waals surface area contributed by atoms with Gasteiger partial charge in [-0.2, -0.15) is 0 Å². The van der Waals surface area contributed by atoms with Crippen LogP contribution in [-0.4, -0.2) is 26.3 Å². The molecule has 0 aliphatic heterocycles. The molecular weight excluding hydrogens is 291 g/mol. The van der Waals surface area contributed by atoms with Gasteiger partial charge in [0.05, 0.1) is 10.0 Å². The van der Waals surface area contributed by atoms with Gasteiger partial charge >= 0.3 is 5.97 Å². The number of hydrogen-bond donors (Lipinski definition) is 0.